The highest BCUT2D eigenvalue weighted by Gasteiger charge is 2.47. The number of rotatable bonds is 8. The zero-order chi connectivity index (χ0) is 26.8. The SMILES string of the molecule is COc1ccc(OC)c([C@H]2/C(=C(\O)c3c(C)nc4ccccn34)C(=O)C(=O)N2CCCN2CCOCC2)c1. The van der Waals surface area contributed by atoms with Gasteiger partial charge < -0.3 is 24.2 Å². The first kappa shape index (κ1) is 25.7. The summed E-state index contributed by atoms with van der Waals surface area (Å²) in [6.07, 6.45) is 2.43. The van der Waals surface area contributed by atoms with Crippen molar-refractivity contribution in [2.45, 2.75) is 19.4 Å². The molecule has 2 aliphatic heterocycles. The fourth-order valence-electron chi connectivity index (χ4n) is 5.30. The quantitative estimate of drug-likeness (QED) is 0.275. The number of aliphatic hydroxyl groups is 1. The summed E-state index contributed by atoms with van der Waals surface area (Å²) < 4.78 is 18.2. The first-order chi connectivity index (χ1) is 18.4. The van der Waals surface area contributed by atoms with E-state index in [0.29, 0.717) is 60.3 Å². The third-order valence-electron chi connectivity index (χ3n) is 7.18. The Kier molecular flexibility index (Phi) is 7.35. The van der Waals surface area contributed by atoms with Crippen molar-refractivity contribution in [1.29, 1.82) is 0 Å². The number of Topliss-reactive ketones (excluding diaryl/α,β-unsaturated/α-hetero) is 1. The number of pyridine rings is 1. The van der Waals surface area contributed by atoms with Crippen molar-refractivity contribution in [1.82, 2.24) is 19.2 Å². The van der Waals surface area contributed by atoms with Gasteiger partial charge in [0.05, 0.1) is 44.7 Å². The van der Waals surface area contributed by atoms with Crippen LogP contribution in [0.15, 0.2) is 48.2 Å². The number of ketones is 1. The van der Waals surface area contributed by atoms with Gasteiger partial charge >= 0.3 is 0 Å². The van der Waals surface area contributed by atoms with Gasteiger partial charge in [-0.05, 0) is 43.7 Å². The van der Waals surface area contributed by atoms with Gasteiger partial charge in [0.25, 0.3) is 11.7 Å². The Balaban J connectivity index is 1.61. The number of morpholine rings is 1. The molecule has 0 saturated carbocycles. The number of amides is 1. The second kappa shape index (κ2) is 10.8. The van der Waals surface area contributed by atoms with Crippen molar-refractivity contribution in [3.8, 4) is 11.5 Å². The summed E-state index contributed by atoms with van der Waals surface area (Å²) >= 11 is 0. The molecule has 0 aliphatic carbocycles. The maximum atomic E-state index is 13.6. The van der Waals surface area contributed by atoms with Gasteiger partial charge in [0.2, 0.25) is 0 Å². The molecule has 1 atom stereocenters. The Morgan fingerprint density at radius 1 is 1.11 bits per heavy atom. The molecule has 2 aliphatic rings. The summed E-state index contributed by atoms with van der Waals surface area (Å²) in [5, 5.41) is 11.7. The lowest BCUT2D eigenvalue weighted by Crippen LogP contribution is -2.39. The molecule has 0 spiro atoms. The molecule has 0 unspecified atom stereocenters. The van der Waals surface area contributed by atoms with Crippen LogP contribution in [0.4, 0.5) is 0 Å². The lowest BCUT2D eigenvalue weighted by atomic mass is 9.95. The van der Waals surface area contributed by atoms with E-state index in [0.717, 1.165) is 19.6 Å². The van der Waals surface area contributed by atoms with Gasteiger partial charge in [-0.15, -0.1) is 0 Å². The number of nitrogens with zero attached hydrogens (tertiary/aromatic N) is 4. The summed E-state index contributed by atoms with van der Waals surface area (Å²) in [7, 11) is 3.08. The number of aromatic nitrogens is 2. The van der Waals surface area contributed by atoms with E-state index in [1.165, 1.54) is 12.0 Å². The van der Waals surface area contributed by atoms with E-state index in [4.69, 9.17) is 14.2 Å². The largest absolute Gasteiger partial charge is 0.505 e. The number of hydrogen-bond donors (Lipinski definition) is 1. The van der Waals surface area contributed by atoms with E-state index in [2.05, 4.69) is 9.88 Å². The van der Waals surface area contributed by atoms with Gasteiger partial charge in [-0.25, -0.2) is 4.98 Å². The summed E-state index contributed by atoms with van der Waals surface area (Å²) in [6.45, 7) is 5.89. The number of carbonyl (C=O) groups excluding carboxylic acids is 2. The Bertz CT molecular complexity index is 1390. The van der Waals surface area contributed by atoms with Crippen LogP contribution in [0.5, 0.6) is 11.5 Å². The van der Waals surface area contributed by atoms with Crippen LogP contribution in [0.3, 0.4) is 0 Å². The summed E-state index contributed by atoms with van der Waals surface area (Å²) in [4.78, 5) is 35.4. The molecule has 4 heterocycles. The average Bonchev–Trinajstić information content (AvgIpc) is 3.41. The molecular formula is C28H32N4O6. The molecule has 1 N–H and O–H groups in total. The van der Waals surface area contributed by atoms with Gasteiger partial charge in [-0.1, -0.05) is 6.07 Å². The minimum Gasteiger partial charge on any atom is -0.505 e. The summed E-state index contributed by atoms with van der Waals surface area (Å²) in [5.74, 6) is -0.642. The van der Waals surface area contributed by atoms with Gasteiger partial charge in [0.1, 0.15) is 22.8 Å². The zero-order valence-corrected chi connectivity index (χ0v) is 21.8. The fourth-order valence-corrected chi connectivity index (χ4v) is 5.30. The van der Waals surface area contributed by atoms with Crippen molar-refractivity contribution in [3.63, 3.8) is 0 Å². The first-order valence-electron chi connectivity index (χ1n) is 12.7. The Morgan fingerprint density at radius 2 is 1.89 bits per heavy atom. The van der Waals surface area contributed by atoms with Gasteiger partial charge in [-0.3, -0.25) is 18.9 Å². The number of hydrogen-bond acceptors (Lipinski definition) is 8. The molecule has 10 nitrogen and oxygen atoms in total. The predicted octanol–water partition coefficient (Wildman–Crippen LogP) is 2.80. The highest BCUT2D eigenvalue weighted by molar-refractivity contribution is 6.46. The number of ether oxygens (including phenoxy) is 3. The number of methoxy groups -OCH3 is 2. The Morgan fingerprint density at radius 3 is 2.63 bits per heavy atom. The molecule has 38 heavy (non-hydrogen) atoms. The molecule has 0 radical (unpaired) electrons. The molecule has 2 aromatic heterocycles. The Hall–Kier alpha value is -3.89. The minimum absolute atomic E-state index is 0.00155. The second-order valence-electron chi connectivity index (χ2n) is 9.38. The van der Waals surface area contributed by atoms with Crippen molar-refractivity contribution in [3.05, 3.63) is 65.1 Å². The van der Waals surface area contributed by atoms with Gasteiger partial charge in [0.15, 0.2) is 5.76 Å². The highest BCUT2D eigenvalue weighted by atomic mass is 16.5. The lowest BCUT2D eigenvalue weighted by molar-refractivity contribution is -0.140. The molecule has 2 fully saturated rings. The molecule has 200 valence electrons. The van der Waals surface area contributed by atoms with E-state index in [1.807, 2.05) is 18.2 Å². The molecule has 3 aromatic rings. The van der Waals surface area contributed by atoms with Crippen molar-refractivity contribution in [2.24, 2.45) is 0 Å². The van der Waals surface area contributed by atoms with Crippen LogP contribution in [0, 0.1) is 6.92 Å². The standard InChI is InChI=1S/C28H32N4O6/c1-18-24(31-11-5-4-7-22(31)29-18)26(33)23-25(20-17-19(36-2)8-9-21(20)37-3)32(28(35)27(23)34)12-6-10-30-13-15-38-16-14-30/h4-5,7-9,11,17,25,33H,6,10,12-16H2,1-3H3/b26-23+/t25-/m0/s1. The van der Waals surface area contributed by atoms with E-state index in [1.54, 1.807) is 42.8 Å². The normalized spacial score (nSPS) is 19.9. The van der Waals surface area contributed by atoms with Crippen LogP contribution in [-0.2, 0) is 14.3 Å². The third kappa shape index (κ3) is 4.61. The van der Waals surface area contributed by atoms with Crippen LogP contribution >= 0.6 is 0 Å². The number of imidazole rings is 1. The van der Waals surface area contributed by atoms with Gasteiger partial charge in [0, 0.05) is 37.9 Å². The number of aliphatic hydroxyl groups excluding tert-OH is 1. The molecule has 1 amide bonds. The molecule has 5 rings (SSSR count). The van der Waals surface area contributed by atoms with E-state index in [9.17, 15) is 14.7 Å². The highest BCUT2D eigenvalue weighted by Crippen LogP contribution is 2.44. The maximum absolute atomic E-state index is 13.6. The van der Waals surface area contributed by atoms with Crippen LogP contribution < -0.4 is 9.47 Å². The van der Waals surface area contributed by atoms with E-state index in [-0.39, 0.29) is 11.3 Å². The van der Waals surface area contributed by atoms with E-state index >= 15 is 0 Å². The summed E-state index contributed by atoms with van der Waals surface area (Å²) in [6, 6.07) is 9.86. The number of aryl methyl sites for hydroxylation is 1. The minimum atomic E-state index is -0.863. The zero-order valence-electron chi connectivity index (χ0n) is 21.8. The molecule has 1 aromatic carbocycles. The van der Waals surface area contributed by atoms with Crippen molar-refractivity contribution in [2.75, 3.05) is 53.6 Å². The van der Waals surface area contributed by atoms with Crippen LogP contribution in [0.25, 0.3) is 11.4 Å². The second-order valence-corrected chi connectivity index (χ2v) is 9.38. The Labute approximate surface area is 221 Å². The molecule has 0 bridgehead atoms. The van der Waals surface area contributed by atoms with Crippen LogP contribution in [-0.4, -0.2) is 89.6 Å². The fraction of sp³-hybridized carbons (Fsp3) is 0.393. The van der Waals surface area contributed by atoms with Crippen molar-refractivity contribution >= 4 is 23.1 Å². The predicted molar refractivity (Wildman–Crippen MR) is 140 cm³/mol. The summed E-state index contributed by atoms with van der Waals surface area (Å²) in [5.41, 5.74) is 2.11. The number of benzene rings is 1. The molecule has 10 heteroatoms. The maximum Gasteiger partial charge on any atom is 0.295 e. The first-order valence-corrected chi connectivity index (χ1v) is 12.7. The topological polar surface area (TPSA) is 106 Å². The number of fused-ring (bicyclic) bond motifs is 1. The van der Waals surface area contributed by atoms with Crippen LogP contribution in [0.1, 0.15) is 29.4 Å². The average molecular weight is 521 g/mol. The van der Waals surface area contributed by atoms with Gasteiger partial charge in [-0.2, -0.15) is 0 Å². The van der Waals surface area contributed by atoms with E-state index < -0.39 is 17.7 Å². The number of carbonyl (C=O) groups is 2. The monoisotopic (exact) mass is 520 g/mol. The molecular weight excluding hydrogens is 488 g/mol. The third-order valence-corrected chi connectivity index (χ3v) is 7.18. The van der Waals surface area contributed by atoms with Crippen molar-refractivity contribution < 1.29 is 28.9 Å². The smallest absolute Gasteiger partial charge is 0.295 e. The molecule has 2 saturated heterocycles. The lowest BCUT2D eigenvalue weighted by Gasteiger charge is -2.29. The van der Waals surface area contributed by atoms with Crippen LogP contribution in [0.2, 0.25) is 0 Å². The number of likely N-dealkylation sites (tertiary alicyclic amines) is 1.